The lowest BCUT2D eigenvalue weighted by Gasteiger charge is -2.31. The molecule has 0 aliphatic carbocycles. The Bertz CT molecular complexity index is 669. The van der Waals surface area contributed by atoms with Crippen molar-refractivity contribution in [2.75, 3.05) is 0 Å². The van der Waals surface area contributed by atoms with Crippen molar-refractivity contribution in [3.05, 3.63) is 71.8 Å². The first-order valence-corrected chi connectivity index (χ1v) is 8.78. The summed E-state index contributed by atoms with van der Waals surface area (Å²) in [6.45, 7) is 2.07. The maximum Gasteiger partial charge on any atom is 0.241 e. The van der Waals surface area contributed by atoms with Gasteiger partial charge in [0.25, 0.3) is 0 Å². The Balaban J connectivity index is 2.51. The maximum absolute atomic E-state index is 12.3. The van der Waals surface area contributed by atoms with E-state index < -0.39 is 15.9 Å². The summed E-state index contributed by atoms with van der Waals surface area (Å²) in [5.41, 5.74) is 0.0950. The van der Waals surface area contributed by atoms with E-state index in [1.165, 1.54) is 0 Å². The van der Waals surface area contributed by atoms with Gasteiger partial charge in [-0.2, -0.15) is 0 Å². The average molecular weight is 363 g/mol. The lowest BCUT2D eigenvalue weighted by atomic mass is 9.73. The SMILES string of the molecule is CCCC(CC(C(=O)Cl)(C(=O)Cl)c1ccccc1)c1ccccc1. The van der Waals surface area contributed by atoms with Gasteiger partial charge in [0.15, 0.2) is 0 Å². The highest BCUT2D eigenvalue weighted by Crippen LogP contribution is 2.41. The zero-order chi connectivity index (χ0) is 17.6. The van der Waals surface area contributed by atoms with Gasteiger partial charge in [0.05, 0.1) is 0 Å². The van der Waals surface area contributed by atoms with Crippen molar-refractivity contribution >= 4 is 33.7 Å². The van der Waals surface area contributed by atoms with E-state index in [1.54, 1.807) is 24.3 Å². The molecule has 1 unspecified atom stereocenters. The summed E-state index contributed by atoms with van der Waals surface area (Å²) in [4.78, 5) is 24.7. The molecule has 1 atom stereocenters. The van der Waals surface area contributed by atoms with Gasteiger partial charge in [0, 0.05) is 0 Å². The van der Waals surface area contributed by atoms with Crippen LogP contribution in [-0.4, -0.2) is 10.5 Å². The Morgan fingerprint density at radius 2 is 1.42 bits per heavy atom. The summed E-state index contributed by atoms with van der Waals surface area (Å²) in [5.74, 6) is 0.0156. The van der Waals surface area contributed by atoms with Crippen LogP contribution in [0.3, 0.4) is 0 Å². The van der Waals surface area contributed by atoms with Crippen LogP contribution in [0.15, 0.2) is 60.7 Å². The van der Waals surface area contributed by atoms with Crippen LogP contribution in [0, 0.1) is 0 Å². The molecule has 0 heterocycles. The molecule has 0 bridgehead atoms. The number of carbonyl (C=O) groups excluding carboxylic acids is 2. The first-order chi connectivity index (χ1) is 11.5. The third kappa shape index (κ3) is 3.88. The Hall–Kier alpha value is -1.64. The Kier molecular flexibility index (Phi) is 6.59. The van der Waals surface area contributed by atoms with Crippen molar-refractivity contribution in [2.24, 2.45) is 0 Å². The Morgan fingerprint density at radius 1 is 0.917 bits per heavy atom. The van der Waals surface area contributed by atoms with E-state index >= 15 is 0 Å². The topological polar surface area (TPSA) is 34.1 Å². The van der Waals surface area contributed by atoms with Crippen molar-refractivity contribution in [1.82, 2.24) is 0 Å². The fraction of sp³-hybridized carbons (Fsp3) is 0.300. The minimum Gasteiger partial charge on any atom is -0.280 e. The van der Waals surface area contributed by atoms with Crippen molar-refractivity contribution in [2.45, 2.75) is 37.5 Å². The number of carbonyl (C=O) groups is 2. The highest BCUT2D eigenvalue weighted by molar-refractivity contribution is 6.76. The highest BCUT2D eigenvalue weighted by Gasteiger charge is 2.47. The summed E-state index contributed by atoms with van der Waals surface area (Å²) in [6, 6.07) is 18.7. The van der Waals surface area contributed by atoms with E-state index in [-0.39, 0.29) is 12.3 Å². The highest BCUT2D eigenvalue weighted by atomic mass is 35.5. The lowest BCUT2D eigenvalue weighted by molar-refractivity contribution is -0.126. The predicted molar refractivity (Wildman–Crippen MR) is 98.5 cm³/mol. The van der Waals surface area contributed by atoms with Gasteiger partial charge >= 0.3 is 0 Å². The maximum atomic E-state index is 12.3. The van der Waals surface area contributed by atoms with E-state index in [0.717, 1.165) is 18.4 Å². The van der Waals surface area contributed by atoms with Gasteiger partial charge in [0.1, 0.15) is 5.41 Å². The third-order valence-electron chi connectivity index (χ3n) is 4.40. The number of hydrogen-bond acceptors (Lipinski definition) is 2. The molecule has 0 amide bonds. The molecule has 2 rings (SSSR count). The van der Waals surface area contributed by atoms with Crippen LogP contribution < -0.4 is 0 Å². The molecule has 2 aromatic carbocycles. The zero-order valence-electron chi connectivity index (χ0n) is 13.5. The molecule has 0 aliphatic rings. The van der Waals surface area contributed by atoms with Gasteiger partial charge in [-0.25, -0.2) is 0 Å². The van der Waals surface area contributed by atoms with Gasteiger partial charge in [0.2, 0.25) is 10.5 Å². The zero-order valence-corrected chi connectivity index (χ0v) is 15.1. The minimum atomic E-state index is -1.53. The molecule has 0 aliphatic heterocycles. The molecule has 0 fully saturated rings. The molecule has 0 saturated heterocycles. The molecule has 0 N–H and O–H groups in total. The summed E-state index contributed by atoms with van der Waals surface area (Å²) in [6.07, 6.45) is 2.03. The summed E-state index contributed by atoms with van der Waals surface area (Å²) < 4.78 is 0. The van der Waals surface area contributed by atoms with Crippen molar-refractivity contribution in [3.63, 3.8) is 0 Å². The summed E-state index contributed by atoms with van der Waals surface area (Å²) in [5, 5.41) is -1.46. The standard InChI is InChI=1S/C20H20Cl2O2/c1-2-9-16(15-10-5-3-6-11-15)14-20(18(21)23,19(22)24)17-12-7-4-8-13-17/h3-8,10-13,16H,2,9,14H2,1H3. The predicted octanol–water partition coefficient (Wildman–Crippen LogP) is 5.43. The van der Waals surface area contributed by atoms with Crippen molar-refractivity contribution in [3.8, 4) is 0 Å². The monoisotopic (exact) mass is 362 g/mol. The van der Waals surface area contributed by atoms with Crippen molar-refractivity contribution < 1.29 is 9.59 Å². The molecule has 0 saturated carbocycles. The normalized spacial score (nSPS) is 12.6. The first kappa shape index (κ1) is 18.7. The average Bonchev–Trinajstić information content (AvgIpc) is 2.59. The van der Waals surface area contributed by atoms with Crippen LogP contribution in [0.4, 0.5) is 0 Å². The fourth-order valence-corrected chi connectivity index (χ4v) is 3.73. The number of hydrogen-bond donors (Lipinski definition) is 0. The van der Waals surface area contributed by atoms with Gasteiger partial charge in [-0.05, 0) is 53.1 Å². The van der Waals surface area contributed by atoms with Gasteiger partial charge in [-0.15, -0.1) is 0 Å². The number of rotatable bonds is 8. The third-order valence-corrected chi connectivity index (χ3v) is 5.04. The van der Waals surface area contributed by atoms with Gasteiger partial charge in [-0.1, -0.05) is 74.0 Å². The van der Waals surface area contributed by atoms with E-state index in [9.17, 15) is 9.59 Å². The quantitative estimate of drug-likeness (QED) is 0.463. The molecule has 0 aromatic heterocycles. The summed E-state index contributed by atoms with van der Waals surface area (Å²) >= 11 is 11.8. The second-order valence-corrected chi connectivity index (χ2v) is 6.61. The lowest BCUT2D eigenvalue weighted by Crippen LogP contribution is -2.40. The van der Waals surface area contributed by atoms with Crippen LogP contribution in [-0.2, 0) is 15.0 Å². The first-order valence-electron chi connectivity index (χ1n) is 8.02. The molecular formula is C20H20Cl2O2. The van der Waals surface area contributed by atoms with E-state index in [2.05, 4.69) is 6.92 Å². The molecular weight excluding hydrogens is 343 g/mol. The van der Waals surface area contributed by atoms with Crippen LogP contribution >= 0.6 is 23.2 Å². The minimum absolute atomic E-state index is 0.0156. The number of benzene rings is 2. The van der Waals surface area contributed by atoms with Crippen molar-refractivity contribution in [1.29, 1.82) is 0 Å². The van der Waals surface area contributed by atoms with Crippen LogP contribution in [0.5, 0.6) is 0 Å². The van der Waals surface area contributed by atoms with E-state index in [1.807, 2.05) is 36.4 Å². The molecule has 126 valence electrons. The number of halogens is 2. The van der Waals surface area contributed by atoms with E-state index in [4.69, 9.17) is 23.2 Å². The second kappa shape index (κ2) is 8.46. The fourth-order valence-electron chi connectivity index (χ4n) is 3.14. The summed E-state index contributed by atoms with van der Waals surface area (Å²) in [7, 11) is 0. The smallest absolute Gasteiger partial charge is 0.241 e. The van der Waals surface area contributed by atoms with E-state index in [0.29, 0.717) is 5.56 Å². The molecule has 0 radical (unpaired) electrons. The van der Waals surface area contributed by atoms with Gasteiger partial charge < -0.3 is 0 Å². The van der Waals surface area contributed by atoms with Crippen LogP contribution in [0.2, 0.25) is 0 Å². The molecule has 4 heteroatoms. The Morgan fingerprint density at radius 3 is 1.88 bits per heavy atom. The molecule has 24 heavy (non-hydrogen) atoms. The molecule has 2 aromatic rings. The van der Waals surface area contributed by atoms with Crippen LogP contribution in [0.1, 0.15) is 43.2 Å². The largest absolute Gasteiger partial charge is 0.280 e. The van der Waals surface area contributed by atoms with Gasteiger partial charge in [-0.3, -0.25) is 9.59 Å². The second-order valence-electron chi connectivity index (χ2n) is 5.92. The Labute approximate surface area is 152 Å². The molecule has 0 spiro atoms. The van der Waals surface area contributed by atoms with Crippen LogP contribution in [0.25, 0.3) is 0 Å². The molecule has 2 nitrogen and oxygen atoms in total.